The zero-order valence-corrected chi connectivity index (χ0v) is 10.1. The molecule has 0 atom stereocenters. The molecule has 2 N–H and O–H groups in total. The molecule has 0 fully saturated rings. The van der Waals surface area contributed by atoms with Crippen LogP contribution in [0.25, 0.3) is 10.8 Å². The molecular formula is C16H17N. The van der Waals surface area contributed by atoms with Crippen LogP contribution < -0.4 is 5.73 Å². The summed E-state index contributed by atoms with van der Waals surface area (Å²) in [6, 6.07) is 12.5. The Hall–Kier alpha value is -2.02. The van der Waals surface area contributed by atoms with E-state index in [0.717, 1.165) is 17.5 Å². The maximum Gasteiger partial charge on any atom is 0.0396 e. The molecule has 0 aliphatic heterocycles. The van der Waals surface area contributed by atoms with Crippen LogP contribution in [0.4, 0.5) is 5.69 Å². The van der Waals surface area contributed by atoms with Crippen LogP contribution in [0.5, 0.6) is 0 Å². The molecule has 0 heterocycles. The molecular weight excluding hydrogens is 206 g/mol. The molecule has 0 saturated heterocycles. The fourth-order valence-electron chi connectivity index (χ4n) is 2.09. The number of nitrogen functional groups attached to an aromatic ring is 1. The highest BCUT2D eigenvalue weighted by molar-refractivity contribution is 5.93. The summed E-state index contributed by atoms with van der Waals surface area (Å²) in [5.74, 6) is 0. The van der Waals surface area contributed by atoms with Crippen molar-refractivity contribution < 1.29 is 0 Å². The monoisotopic (exact) mass is 223 g/mol. The first-order valence-corrected chi connectivity index (χ1v) is 5.76. The summed E-state index contributed by atoms with van der Waals surface area (Å²) < 4.78 is 0. The van der Waals surface area contributed by atoms with Crippen molar-refractivity contribution in [3.05, 3.63) is 66.3 Å². The number of hydrogen-bond donors (Lipinski definition) is 1. The van der Waals surface area contributed by atoms with E-state index in [1.807, 2.05) is 24.3 Å². The minimum Gasteiger partial charge on any atom is -0.398 e. The van der Waals surface area contributed by atoms with E-state index < -0.39 is 0 Å². The molecule has 0 radical (unpaired) electrons. The Morgan fingerprint density at radius 2 is 2.06 bits per heavy atom. The van der Waals surface area contributed by atoms with Gasteiger partial charge in [-0.2, -0.15) is 0 Å². The molecule has 17 heavy (non-hydrogen) atoms. The first-order chi connectivity index (χ1) is 8.20. The van der Waals surface area contributed by atoms with Gasteiger partial charge in [0.25, 0.3) is 0 Å². The van der Waals surface area contributed by atoms with Crippen LogP contribution in [0.3, 0.4) is 0 Å². The van der Waals surface area contributed by atoms with Crippen LogP contribution in [0.2, 0.25) is 0 Å². The number of rotatable bonds is 3. The van der Waals surface area contributed by atoms with Crippen LogP contribution in [0.1, 0.15) is 12.5 Å². The van der Waals surface area contributed by atoms with Gasteiger partial charge in [0.1, 0.15) is 0 Å². The summed E-state index contributed by atoms with van der Waals surface area (Å²) in [6.07, 6.45) is 4.77. The molecule has 0 spiro atoms. The van der Waals surface area contributed by atoms with Gasteiger partial charge in [0.15, 0.2) is 0 Å². The van der Waals surface area contributed by atoms with Crippen molar-refractivity contribution in [1.82, 2.24) is 0 Å². The smallest absolute Gasteiger partial charge is 0.0396 e. The zero-order chi connectivity index (χ0) is 12.3. The van der Waals surface area contributed by atoms with E-state index in [-0.39, 0.29) is 0 Å². The second-order valence-corrected chi connectivity index (χ2v) is 4.33. The molecule has 86 valence electrons. The van der Waals surface area contributed by atoms with Gasteiger partial charge < -0.3 is 5.73 Å². The minimum atomic E-state index is 0.851. The lowest BCUT2D eigenvalue weighted by Crippen LogP contribution is -1.92. The molecule has 0 aliphatic rings. The fraction of sp³-hybridized carbons (Fsp3) is 0.125. The van der Waals surface area contributed by atoms with Crippen LogP contribution >= 0.6 is 0 Å². The normalized spacial score (nSPS) is 11.7. The third-order valence-corrected chi connectivity index (χ3v) is 2.84. The van der Waals surface area contributed by atoms with Gasteiger partial charge in [-0.25, -0.2) is 0 Å². The van der Waals surface area contributed by atoms with Gasteiger partial charge in [-0.3, -0.25) is 0 Å². The van der Waals surface area contributed by atoms with E-state index in [2.05, 4.69) is 37.8 Å². The predicted molar refractivity (Wildman–Crippen MR) is 76.0 cm³/mol. The Morgan fingerprint density at radius 1 is 1.29 bits per heavy atom. The van der Waals surface area contributed by atoms with Gasteiger partial charge in [-0.15, -0.1) is 0 Å². The molecule has 0 aromatic heterocycles. The molecule has 1 heteroatoms. The van der Waals surface area contributed by atoms with Gasteiger partial charge in [0.2, 0.25) is 0 Å². The molecule has 2 aromatic rings. The third kappa shape index (κ3) is 2.56. The highest BCUT2D eigenvalue weighted by atomic mass is 14.5. The van der Waals surface area contributed by atoms with Crippen LogP contribution in [-0.4, -0.2) is 0 Å². The first-order valence-electron chi connectivity index (χ1n) is 5.76. The van der Waals surface area contributed by atoms with E-state index in [1.165, 1.54) is 16.5 Å². The van der Waals surface area contributed by atoms with E-state index in [4.69, 9.17) is 5.73 Å². The van der Waals surface area contributed by atoms with Gasteiger partial charge >= 0.3 is 0 Å². The third-order valence-electron chi connectivity index (χ3n) is 2.84. The average molecular weight is 223 g/mol. The van der Waals surface area contributed by atoms with E-state index in [0.29, 0.717) is 0 Å². The average Bonchev–Trinajstić information content (AvgIpc) is 2.29. The number of benzene rings is 2. The zero-order valence-electron chi connectivity index (χ0n) is 10.1. The maximum absolute atomic E-state index is 6.07. The summed E-state index contributed by atoms with van der Waals surface area (Å²) in [7, 11) is 0. The predicted octanol–water partition coefficient (Wildman–Crippen LogP) is 4.10. The van der Waals surface area contributed by atoms with Crippen LogP contribution in [0, 0.1) is 0 Å². The topological polar surface area (TPSA) is 26.0 Å². The fourth-order valence-corrected chi connectivity index (χ4v) is 2.09. The van der Waals surface area contributed by atoms with E-state index in [9.17, 15) is 0 Å². The largest absolute Gasteiger partial charge is 0.398 e. The Kier molecular flexibility index (Phi) is 3.29. The van der Waals surface area contributed by atoms with Gasteiger partial charge in [-0.1, -0.05) is 54.6 Å². The van der Waals surface area contributed by atoms with Gasteiger partial charge in [0.05, 0.1) is 0 Å². The summed E-state index contributed by atoms with van der Waals surface area (Å²) in [5.41, 5.74) is 9.45. The van der Waals surface area contributed by atoms with E-state index >= 15 is 0 Å². The Labute approximate surface area is 102 Å². The van der Waals surface area contributed by atoms with E-state index in [1.54, 1.807) is 0 Å². The molecule has 2 rings (SSSR count). The first kappa shape index (κ1) is 11.5. The molecule has 1 nitrogen and oxygen atoms in total. The summed E-state index contributed by atoms with van der Waals surface area (Å²) in [4.78, 5) is 0. The maximum atomic E-state index is 6.07. The molecule has 0 amide bonds. The van der Waals surface area contributed by atoms with Crippen molar-refractivity contribution in [3.63, 3.8) is 0 Å². The van der Waals surface area contributed by atoms with Crippen LogP contribution in [-0.2, 0) is 6.42 Å². The number of hydrogen-bond acceptors (Lipinski definition) is 1. The Morgan fingerprint density at radius 3 is 2.82 bits per heavy atom. The molecule has 2 aromatic carbocycles. The van der Waals surface area contributed by atoms with Crippen molar-refractivity contribution in [3.8, 4) is 0 Å². The molecule has 0 unspecified atom stereocenters. The second kappa shape index (κ2) is 4.88. The van der Waals surface area contributed by atoms with Crippen molar-refractivity contribution in [1.29, 1.82) is 0 Å². The Balaban J connectivity index is 2.43. The second-order valence-electron chi connectivity index (χ2n) is 4.33. The molecule has 0 saturated carbocycles. The lowest BCUT2D eigenvalue weighted by molar-refractivity contribution is 1.15. The lowest BCUT2D eigenvalue weighted by atomic mass is 10.0. The van der Waals surface area contributed by atoms with Gasteiger partial charge in [0, 0.05) is 11.1 Å². The number of fused-ring (bicyclic) bond motifs is 1. The number of allylic oxidation sites excluding steroid dienone is 3. The van der Waals surface area contributed by atoms with Crippen molar-refractivity contribution in [2.45, 2.75) is 13.3 Å². The quantitative estimate of drug-likeness (QED) is 0.615. The summed E-state index contributed by atoms with van der Waals surface area (Å²) >= 11 is 0. The van der Waals surface area contributed by atoms with Crippen LogP contribution in [0.15, 0.2) is 60.7 Å². The minimum absolute atomic E-state index is 0.851. The lowest BCUT2D eigenvalue weighted by Gasteiger charge is -2.07. The SMILES string of the molecule is C=C/C=C(/C)Cc1cc(N)c2ccccc2c1. The standard InChI is InChI=1S/C16H17N/c1-3-6-12(2)9-13-10-14-7-4-5-8-15(14)16(17)11-13/h3-8,10-11H,1,9,17H2,2H3/b12-6-. The van der Waals surface area contributed by atoms with Gasteiger partial charge in [-0.05, 0) is 30.4 Å². The molecule has 0 bridgehead atoms. The number of anilines is 1. The summed E-state index contributed by atoms with van der Waals surface area (Å²) in [5, 5.41) is 2.33. The summed E-state index contributed by atoms with van der Waals surface area (Å²) in [6.45, 7) is 5.81. The van der Waals surface area contributed by atoms with Crippen molar-refractivity contribution >= 4 is 16.5 Å². The van der Waals surface area contributed by atoms with Crippen molar-refractivity contribution in [2.75, 3.05) is 5.73 Å². The highest BCUT2D eigenvalue weighted by Gasteiger charge is 2.01. The number of nitrogens with two attached hydrogens (primary N) is 1. The molecule has 0 aliphatic carbocycles. The van der Waals surface area contributed by atoms with Crippen molar-refractivity contribution in [2.24, 2.45) is 0 Å². The highest BCUT2D eigenvalue weighted by Crippen LogP contribution is 2.24. The Bertz CT molecular complexity index is 579.